The number of halogens is 1. The van der Waals surface area contributed by atoms with E-state index in [9.17, 15) is 9.18 Å². The Kier molecular flexibility index (Phi) is 4.57. The molecule has 1 fully saturated rings. The maximum absolute atomic E-state index is 13.2. The average Bonchev–Trinajstić information content (AvgIpc) is 2.42. The summed E-state index contributed by atoms with van der Waals surface area (Å²) in [6.07, 6.45) is 1.61. The minimum absolute atomic E-state index is 0.101. The zero-order valence-electron chi connectivity index (χ0n) is 10.7. The highest BCUT2D eigenvalue weighted by molar-refractivity contribution is 5.89. The summed E-state index contributed by atoms with van der Waals surface area (Å²) >= 11 is 0. The molecule has 0 unspecified atom stereocenters. The number of nitrogens with one attached hydrogen (secondary N) is 2. The first-order chi connectivity index (χ1) is 9.19. The molecule has 104 valence electrons. The van der Waals surface area contributed by atoms with E-state index in [0.29, 0.717) is 18.9 Å². The highest BCUT2D eigenvalue weighted by Gasteiger charge is 2.16. The van der Waals surface area contributed by atoms with Crippen molar-refractivity contribution < 1.29 is 18.7 Å². The number of amides is 2. The van der Waals surface area contributed by atoms with Crippen molar-refractivity contribution in [3.63, 3.8) is 0 Å². The Morgan fingerprint density at radius 2 is 2.16 bits per heavy atom. The van der Waals surface area contributed by atoms with Crippen molar-refractivity contribution in [2.24, 2.45) is 0 Å². The highest BCUT2D eigenvalue weighted by atomic mass is 19.1. The highest BCUT2D eigenvalue weighted by Crippen LogP contribution is 2.21. The number of hydrogen-bond acceptors (Lipinski definition) is 3. The van der Waals surface area contributed by atoms with Gasteiger partial charge in [0.05, 0.1) is 7.11 Å². The maximum Gasteiger partial charge on any atom is 0.319 e. The molecule has 6 heteroatoms. The van der Waals surface area contributed by atoms with E-state index in [1.807, 2.05) is 0 Å². The molecular weight excluding hydrogens is 251 g/mol. The van der Waals surface area contributed by atoms with Crippen molar-refractivity contribution in [1.82, 2.24) is 5.32 Å². The summed E-state index contributed by atoms with van der Waals surface area (Å²) in [7, 11) is 1.38. The molecule has 0 bridgehead atoms. The van der Waals surface area contributed by atoms with Gasteiger partial charge in [0.1, 0.15) is 0 Å². The summed E-state index contributed by atoms with van der Waals surface area (Å²) < 4.78 is 23.3. The van der Waals surface area contributed by atoms with Gasteiger partial charge in [0.25, 0.3) is 0 Å². The number of carbonyl (C=O) groups is 1. The normalized spacial score (nSPS) is 15.9. The summed E-state index contributed by atoms with van der Waals surface area (Å²) in [4.78, 5) is 11.8. The Bertz CT molecular complexity index is 448. The summed E-state index contributed by atoms with van der Waals surface area (Å²) in [5.74, 6) is -0.359. The van der Waals surface area contributed by atoms with Gasteiger partial charge in [-0.3, -0.25) is 0 Å². The van der Waals surface area contributed by atoms with Crippen LogP contribution in [-0.4, -0.2) is 32.4 Å². The fourth-order valence-electron chi connectivity index (χ4n) is 1.93. The molecule has 0 aliphatic carbocycles. The third-order valence-corrected chi connectivity index (χ3v) is 2.97. The summed E-state index contributed by atoms with van der Waals surface area (Å²) in [5.41, 5.74) is 0.489. The number of benzene rings is 1. The molecule has 19 heavy (non-hydrogen) atoms. The van der Waals surface area contributed by atoms with Gasteiger partial charge >= 0.3 is 6.03 Å². The van der Waals surface area contributed by atoms with Gasteiger partial charge in [-0.1, -0.05) is 0 Å². The summed E-state index contributed by atoms with van der Waals surface area (Å²) in [6, 6.07) is 4.00. The first kappa shape index (κ1) is 13.6. The second-order valence-electron chi connectivity index (χ2n) is 4.33. The first-order valence-electron chi connectivity index (χ1n) is 6.18. The van der Waals surface area contributed by atoms with Crippen molar-refractivity contribution in [1.29, 1.82) is 0 Å². The van der Waals surface area contributed by atoms with E-state index < -0.39 is 5.82 Å². The minimum Gasteiger partial charge on any atom is -0.494 e. The van der Waals surface area contributed by atoms with Gasteiger partial charge in [0, 0.05) is 31.0 Å². The number of rotatable bonds is 3. The molecule has 1 aliphatic heterocycles. The lowest BCUT2D eigenvalue weighted by Gasteiger charge is -2.23. The summed E-state index contributed by atoms with van der Waals surface area (Å²) in [6.45, 7) is 1.32. The minimum atomic E-state index is -0.460. The number of methoxy groups -OCH3 is 1. The van der Waals surface area contributed by atoms with Crippen LogP contribution in [0.1, 0.15) is 12.8 Å². The lowest BCUT2D eigenvalue weighted by Crippen LogP contribution is -2.41. The Balaban J connectivity index is 1.90. The van der Waals surface area contributed by atoms with Gasteiger partial charge in [-0.25, -0.2) is 9.18 Å². The molecule has 1 heterocycles. The van der Waals surface area contributed by atoms with E-state index in [-0.39, 0.29) is 17.8 Å². The van der Waals surface area contributed by atoms with Crippen LogP contribution in [0.4, 0.5) is 14.9 Å². The first-order valence-corrected chi connectivity index (χ1v) is 6.18. The van der Waals surface area contributed by atoms with Gasteiger partial charge in [-0.15, -0.1) is 0 Å². The Morgan fingerprint density at radius 1 is 1.42 bits per heavy atom. The average molecular weight is 268 g/mol. The lowest BCUT2D eigenvalue weighted by atomic mass is 10.1. The predicted molar refractivity (Wildman–Crippen MR) is 68.9 cm³/mol. The number of anilines is 1. The fourth-order valence-corrected chi connectivity index (χ4v) is 1.93. The zero-order chi connectivity index (χ0) is 13.7. The van der Waals surface area contributed by atoms with Crippen molar-refractivity contribution in [2.45, 2.75) is 18.9 Å². The van der Waals surface area contributed by atoms with Crippen molar-refractivity contribution >= 4 is 11.7 Å². The van der Waals surface area contributed by atoms with Crippen molar-refractivity contribution in [3.8, 4) is 5.75 Å². The molecule has 0 atom stereocenters. The van der Waals surface area contributed by atoms with Crippen molar-refractivity contribution in [2.75, 3.05) is 25.6 Å². The van der Waals surface area contributed by atoms with Crippen LogP contribution < -0.4 is 15.4 Å². The number of ether oxygens (including phenoxy) is 2. The van der Waals surface area contributed by atoms with E-state index in [1.165, 1.54) is 25.3 Å². The van der Waals surface area contributed by atoms with Crippen LogP contribution in [0.3, 0.4) is 0 Å². The van der Waals surface area contributed by atoms with E-state index in [0.717, 1.165) is 12.8 Å². The van der Waals surface area contributed by atoms with Crippen molar-refractivity contribution in [3.05, 3.63) is 24.0 Å². The fraction of sp³-hybridized carbons (Fsp3) is 0.462. The lowest BCUT2D eigenvalue weighted by molar-refractivity contribution is 0.0806. The van der Waals surface area contributed by atoms with E-state index in [1.54, 1.807) is 0 Å². The van der Waals surface area contributed by atoms with Gasteiger partial charge in [-0.2, -0.15) is 0 Å². The van der Waals surface area contributed by atoms with Crippen LogP contribution in [0.5, 0.6) is 5.75 Å². The zero-order valence-corrected chi connectivity index (χ0v) is 10.7. The molecule has 0 spiro atoms. The van der Waals surface area contributed by atoms with Crippen LogP contribution in [0, 0.1) is 5.82 Å². The third kappa shape index (κ3) is 3.82. The molecule has 1 saturated heterocycles. The van der Waals surface area contributed by atoms with Crippen LogP contribution in [0.2, 0.25) is 0 Å². The van der Waals surface area contributed by atoms with Gasteiger partial charge < -0.3 is 20.1 Å². The number of urea groups is 1. The quantitative estimate of drug-likeness (QED) is 0.883. The third-order valence-electron chi connectivity index (χ3n) is 2.97. The standard InChI is InChI=1S/C13H17FN2O3/c1-18-12-8-10(2-3-11(12)14)16-13(17)15-9-4-6-19-7-5-9/h2-3,8-9H,4-7H2,1H3,(H2,15,16,17). The van der Waals surface area contributed by atoms with Crippen LogP contribution in [0.15, 0.2) is 18.2 Å². The molecule has 0 radical (unpaired) electrons. The van der Waals surface area contributed by atoms with Crippen LogP contribution in [-0.2, 0) is 4.74 Å². The SMILES string of the molecule is COc1cc(NC(=O)NC2CCOCC2)ccc1F. The molecule has 1 aliphatic rings. The topological polar surface area (TPSA) is 59.6 Å². The monoisotopic (exact) mass is 268 g/mol. The molecule has 2 rings (SSSR count). The summed E-state index contributed by atoms with van der Waals surface area (Å²) in [5, 5.41) is 5.51. The van der Waals surface area contributed by atoms with E-state index in [4.69, 9.17) is 9.47 Å². The predicted octanol–water partition coefficient (Wildman–Crippen LogP) is 2.13. The van der Waals surface area contributed by atoms with Gasteiger partial charge in [0.2, 0.25) is 0 Å². The second-order valence-corrected chi connectivity index (χ2v) is 4.33. The number of hydrogen-bond donors (Lipinski definition) is 2. The van der Waals surface area contributed by atoms with E-state index in [2.05, 4.69) is 10.6 Å². The molecule has 5 nitrogen and oxygen atoms in total. The largest absolute Gasteiger partial charge is 0.494 e. The smallest absolute Gasteiger partial charge is 0.319 e. The molecule has 0 aromatic heterocycles. The van der Waals surface area contributed by atoms with Crippen LogP contribution in [0.25, 0.3) is 0 Å². The molecule has 1 aromatic rings. The number of carbonyl (C=O) groups excluding carboxylic acids is 1. The molecule has 2 N–H and O–H groups in total. The van der Waals surface area contributed by atoms with Gasteiger partial charge in [-0.05, 0) is 25.0 Å². The molecule has 0 saturated carbocycles. The maximum atomic E-state index is 13.2. The molecular formula is C13H17FN2O3. The Morgan fingerprint density at radius 3 is 2.84 bits per heavy atom. The molecule has 1 aromatic carbocycles. The van der Waals surface area contributed by atoms with E-state index >= 15 is 0 Å². The molecule has 2 amide bonds. The Hall–Kier alpha value is -1.82. The van der Waals surface area contributed by atoms with Crippen LogP contribution >= 0.6 is 0 Å². The Labute approximate surface area is 111 Å². The second kappa shape index (κ2) is 6.38. The van der Waals surface area contributed by atoms with Gasteiger partial charge in [0.15, 0.2) is 11.6 Å².